The number of unbranched alkanes of at least 4 members (excludes halogenated alkanes) is 2. The third-order valence-electron chi connectivity index (χ3n) is 3.07. The van der Waals surface area contributed by atoms with Crippen LogP contribution in [0.2, 0.25) is 0 Å². The van der Waals surface area contributed by atoms with Crippen LogP contribution in [0.25, 0.3) is 10.9 Å². The van der Waals surface area contributed by atoms with Crippen LogP contribution in [0.1, 0.15) is 29.8 Å². The third-order valence-corrected chi connectivity index (χ3v) is 3.34. The summed E-state index contributed by atoms with van der Waals surface area (Å²) in [6.45, 7) is 0.667. The van der Waals surface area contributed by atoms with Gasteiger partial charge >= 0.3 is 0 Å². The van der Waals surface area contributed by atoms with Crippen molar-refractivity contribution in [1.82, 2.24) is 15.1 Å². The highest BCUT2D eigenvalue weighted by molar-refractivity contribution is 6.17. The number of fused-ring (bicyclic) bond motifs is 1. The predicted molar refractivity (Wildman–Crippen MR) is 77.6 cm³/mol. The molecular formula is C14H18ClN3O. The fraction of sp³-hybridized carbons (Fsp3) is 0.429. The van der Waals surface area contributed by atoms with Crippen molar-refractivity contribution >= 4 is 28.4 Å². The highest BCUT2D eigenvalue weighted by Crippen LogP contribution is 2.17. The fourth-order valence-electron chi connectivity index (χ4n) is 2.06. The van der Waals surface area contributed by atoms with Crippen molar-refractivity contribution in [2.24, 2.45) is 7.05 Å². The first kappa shape index (κ1) is 13.9. The summed E-state index contributed by atoms with van der Waals surface area (Å²) < 4.78 is 1.73. The van der Waals surface area contributed by atoms with E-state index >= 15 is 0 Å². The molecule has 1 heterocycles. The highest BCUT2D eigenvalue weighted by Gasteiger charge is 2.14. The molecule has 0 aliphatic carbocycles. The number of carbonyl (C=O) groups excluding carboxylic acids is 1. The number of hydrogen-bond acceptors (Lipinski definition) is 2. The zero-order chi connectivity index (χ0) is 13.7. The van der Waals surface area contributed by atoms with E-state index in [1.54, 1.807) is 4.68 Å². The van der Waals surface area contributed by atoms with Crippen LogP contribution in [0.3, 0.4) is 0 Å². The number of alkyl halides is 1. The van der Waals surface area contributed by atoms with Gasteiger partial charge in [0.15, 0.2) is 5.69 Å². The van der Waals surface area contributed by atoms with Crippen LogP contribution in [-0.2, 0) is 7.05 Å². The average molecular weight is 280 g/mol. The normalized spacial score (nSPS) is 10.8. The molecule has 0 saturated heterocycles. The van der Waals surface area contributed by atoms with Gasteiger partial charge in [-0.2, -0.15) is 5.10 Å². The lowest BCUT2D eigenvalue weighted by molar-refractivity contribution is 0.0949. The summed E-state index contributed by atoms with van der Waals surface area (Å²) in [5, 5.41) is 8.09. The van der Waals surface area contributed by atoms with E-state index < -0.39 is 0 Å². The van der Waals surface area contributed by atoms with Crippen LogP contribution in [0.4, 0.5) is 0 Å². The molecule has 19 heavy (non-hydrogen) atoms. The molecule has 5 heteroatoms. The van der Waals surface area contributed by atoms with E-state index in [2.05, 4.69) is 10.4 Å². The van der Waals surface area contributed by atoms with Crippen LogP contribution >= 0.6 is 11.6 Å². The maximum atomic E-state index is 12.1. The molecule has 0 atom stereocenters. The van der Waals surface area contributed by atoms with Crippen LogP contribution in [0.5, 0.6) is 0 Å². The molecular weight excluding hydrogens is 262 g/mol. The smallest absolute Gasteiger partial charge is 0.272 e. The summed E-state index contributed by atoms with van der Waals surface area (Å²) in [5.41, 5.74) is 1.46. The molecule has 0 fully saturated rings. The van der Waals surface area contributed by atoms with Crippen LogP contribution in [0.15, 0.2) is 24.3 Å². The van der Waals surface area contributed by atoms with Crippen molar-refractivity contribution in [2.75, 3.05) is 12.4 Å². The minimum atomic E-state index is -0.109. The van der Waals surface area contributed by atoms with Crippen molar-refractivity contribution in [3.8, 4) is 0 Å². The van der Waals surface area contributed by atoms with E-state index in [1.807, 2.05) is 31.3 Å². The van der Waals surface area contributed by atoms with Gasteiger partial charge in [-0.05, 0) is 18.9 Å². The standard InChI is InChI=1S/C14H18ClN3O/c1-18-12-8-4-3-7-11(12)13(17-18)14(19)16-10-6-2-5-9-15/h3-4,7-8H,2,5-6,9-10H2,1H3,(H,16,19). The van der Waals surface area contributed by atoms with E-state index in [0.717, 1.165) is 30.2 Å². The van der Waals surface area contributed by atoms with Crippen LogP contribution < -0.4 is 5.32 Å². The second-order valence-electron chi connectivity index (χ2n) is 4.49. The van der Waals surface area contributed by atoms with Gasteiger partial charge in [-0.3, -0.25) is 9.48 Å². The fourth-order valence-corrected chi connectivity index (χ4v) is 2.25. The minimum Gasteiger partial charge on any atom is -0.351 e. The molecule has 1 amide bonds. The Bertz CT molecular complexity index is 565. The lowest BCUT2D eigenvalue weighted by atomic mass is 10.2. The SMILES string of the molecule is Cn1nc(C(=O)NCCCCCCl)c2ccccc21. The van der Waals surface area contributed by atoms with E-state index in [4.69, 9.17) is 11.6 Å². The van der Waals surface area contributed by atoms with Crippen molar-refractivity contribution in [3.05, 3.63) is 30.0 Å². The number of rotatable bonds is 6. The number of benzene rings is 1. The molecule has 2 aromatic rings. The van der Waals surface area contributed by atoms with E-state index in [0.29, 0.717) is 18.1 Å². The van der Waals surface area contributed by atoms with Gasteiger partial charge in [0.2, 0.25) is 0 Å². The summed E-state index contributed by atoms with van der Waals surface area (Å²) in [5.74, 6) is 0.571. The molecule has 0 spiro atoms. The third kappa shape index (κ3) is 3.26. The second-order valence-corrected chi connectivity index (χ2v) is 4.87. The van der Waals surface area contributed by atoms with E-state index in [-0.39, 0.29) is 5.91 Å². The van der Waals surface area contributed by atoms with Gasteiger partial charge in [0.05, 0.1) is 5.52 Å². The molecule has 0 radical (unpaired) electrons. The van der Waals surface area contributed by atoms with Crippen molar-refractivity contribution in [2.45, 2.75) is 19.3 Å². The lowest BCUT2D eigenvalue weighted by Gasteiger charge is -2.02. The maximum absolute atomic E-state index is 12.1. The molecule has 0 unspecified atom stereocenters. The van der Waals surface area contributed by atoms with Gasteiger partial charge in [0.25, 0.3) is 5.91 Å². The second kappa shape index (κ2) is 6.57. The Morgan fingerprint density at radius 3 is 2.89 bits per heavy atom. The number of carbonyl (C=O) groups is 1. The van der Waals surface area contributed by atoms with Crippen LogP contribution in [0, 0.1) is 0 Å². The largest absolute Gasteiger partial charge is 0.351 e. The molecule has 0 aliphatic heterocycles. The first-order chi connectivity index (χ1) is 9.24. The highest BCUT2D eigenvalue weighted by atomic mass is 35.5. The van der Waals surface area contributed by atoms with Gasteiger partial charge in [0, 0.05) is 24.9 Å². The number of amides is 1. The Kier molecular flexibility index (Phi) is 4.80. The van der Waals surface area contributed by atoms with Gasteiger partial charge in [-0.1, -0.05) is 24.6 Å². The van der Waals surface area contributed by atoms with Crippen LogP contribution in [-0.4, -0.2) is 28.1 Å². The summed E-state index contributed by atoms with van der Waals surface area (Å²) in [6.07, 6.45) is 2.97. The topological polar surface area (TPSA) is 46.9 Å². The lowest BCUT2D eigenvalue weighted by Crippen LogP contribution is -2.25. The molecule has 0 bridgehead atoms. The molecule has 4 nitrogen and oxygen atoms in total. The van der Waals surface area contributed by atoms with Gasteiger partial charge in [-0.15, -0.1) is 11.6 Å². The molecule has 0 saturated carbocycles. The van der Waals surface area contributed by atoms with Gasteiger partial charge < -0.3 is 5.32 Å². The summed E-state index contributed by atoms with van der Waals surface area (Å²) in [6, 6.07) is 7.74. The predicted octanol–water partition coefficient (Wildman–Crippen LogP) is 2.71. The number of hydrogen-bond donors (Lipinski definition) is 1. The molecule has 1 N–H and O–H groups in total. The molecule has 1 aromatic heterocycles. The maximum Gasteiger partial charge on any atom is 0.272 e. The first-order valence-corrected chi connectivity index (χ1v) is 7.03. The number of nitrogens with zero attached hydrogens (tertiary/aromatic N) is 2. The average Bonchev–Trinajstić information content (AvgIpc) is 2.76. The monoisotopic (exact) mass is 279 g/mol. The molecule has 2 rings (SSSR count). The first-order valence-electron chi connectivity index (χ1n) is 6.50. The van der Waals surface area contributed by atoms with Crippen molar-refractivity contribution < 1.29 is 4.79 Å². The molecule has 102 valence electrons. The summed E-state index contributed by atoms with van der Waals surface area (Å²) >= 11 is 5.61. The van der Waals surface area contributed by atoms with Gasteiger partial charge in [-0.25, -0.2) is 0 Å². The number of aryl methyl sites for hydroxylation is 1. The number of halogens is 1. The Morgan fingerprint density at radius 1 is 1.32 bits per heavy atom. The zero-order valence-electron chi connectivity index (χ0n) is 11.0. The molecule has 1 aromatic carbocycles. The summed E-state index contributed by atoms with van der Waals surface area (Å²) in [4.78, 5) is 12.1. The van der Waals surface area contributed by atoms with Crippen molar-refractivity contribution in [3.63, 3.8) is 0 Å². The quantitative estimate of drug-likeness (QED) is 0.653. The molecule has 0 aliphatic rings. The Morgan fingerprint density at radius 2 is 2.11 bits per heavy atom. The number of aromatic nitrogens is 2. The Hall–Kier alpha value is -1.55. The Balaban J connectivity index is 2.01. The Labute approximate surface area is 117 Å². The summed E-state index contributed by atoms with van der Waals surface area (Å²) in [7, 11) is 1.85. The van der Waals surface area contributed by atoms with E-state index in [1.165, 1.54) is 0 Å². The zero-order valence-corrected chi connectivity index (χ0v) is 11.8. The minimum absolute atomic E-state index is 0.109. The number of nitrogens with one attached hydrogen (secondary N) is 1. The number of para-hydroxylation sites is 1. The van der Waals surface area contributed by atoms with E-state index in [9.17, 15) is 4.79 Å². The van der Waals surface area contributed by atoms with Gasteiger partial charge in [0.1, 0.15) is 0 Å². The van der Waals surface area contributed by atoms with Crippen molar-refractivity contribution in [1.29, 1.82) is 0 Å².